The molecule has 108 valence electrons. The van der Waals surface area contributed by atoms with E-state index in [1.807, 2.05) is 54.3 Å². The first-order valence-corrected chi connectivity index (χ1v) is 7.48. The highest BCUT2D eigenvalue weighted by Gasteiger charge is 2.21. The quantitative estimate of drug-likeness (QED) is 0.826. The molecule has 1 aliphatic heterocycles. The Hall–Kier alpha value is -2.29. The fourth-order valence-electron chi connectivity index (χ4n) is 2.80. The number of benzene rings is 2. The lowest BCUT2D eigenvalue weighted by Gasteiger charge is -2.23. The minimum absolute atomic E-state index is 0.0429. The summed E-state index contributed by atoms with van der Waals surface area (Å²) in [6.45, 7) is 2.78. The maximum absolute atomic E-state index is 12.7. The summed E-state index contributed by atoms with van der Waals surface area (Å²) < 4.78 is 0. The van der Waals surface area contributed by atoms with E-state index in [4.69, 9.17) is 0 Å². The third-order valence-corrected chi connectivity index (χ3v) is 3.99. The van der Waals surface area contributed by atoms with Crippen molar-refractivity contribution in [3.8, 4) is 0 Å². The van der Waals surface area contributed by atoms with Crippen molar-refractivity contribution in [1.29, 1.82) is 0 Å². The zero-order chi connectivity index (χ0) is 14.7. The summed E-state index contributed by atoms with van der Waals surface area (Å²) in [5.74, 6) is 0. The molecule has 0 saturated carbocycles. The Balaban J connectivity index is 1.86. The number of carbonyl (C=O) groups excluding carboxylic acids is 1. The summed E-state index contributed by atoms with van der Waals surface area (Å²) in [4.78, 5) is 14.5. The van der Waals surface area contributed by atoms with Crippen molar-refractivity contribution in [3.05, 3.63) is 59.7 Å². The van der Waals surface area contributed by atoms with E-state index >= 15 is 0 Å². The Morgan fingerprint density at radius 3 is 2.67 bits per heavy atom. The number of aryl methyl sites for hydroxylation is 2. The Morgan fingerprint density at radius 2 is 1.81 bits per heavy atom. The highest BCUT2D eigenvalue weighted by atomic mass is 16.2. The smallest absolute Gasteiger partial charge is 0.307 e. The number of hydrogen-bond acceptors (Lipinski definition) is 1. The van der Waals surface area contributed by atoms with Crippen molar-refractivity contribution in [2.24, 2.45) is 0 Å². The highest BCUT2D eigenvalue weighted by molar-refractivity contribution is 6.02. The van der Waals surface area contributed by atoms with Gasteiger partial charge in [-0.3, -0.25) is 4.90 Å². The summed E-state index contributed by atoms with van der Waals surface area (Å²) >= 11 is 0. The van der Waals surface area contributed by atoms with Crippen LogP contribution in [0.4, 0.5) is 16.2 Å². The topological polar surface area (TPSA) is 32.3 Å². The minimum Gasteiger partial charge on any atom is -0.307 e. The van der Waals surface area contributed by atoms with Crippen LogP contribution in [-0.4, -0.2) is 12.6 Å². The first kappa shape index (κ1) is 13.7. The van der Waals surface area contributed by atoms with E-state index in [1.165, 1.54) is 5.56 Å². The van der Waals surface area contributed by atoms with Gasteiger partial charge >= 0.3 is 6.03 Å². The van der Waals surface area contributed by atoms with Crippen LogP contribution in [0, 0.1) is 6.92 Å². The minimum atomic E-state index is -0.0429. The summed E-state index contributed by atoms with van der Waals surface area (Å²) in [6, 6.07) is 16.0. The van der Waals surface area contributed by atoms with Crippen molar-refractivity contribution in [2.45, 2.75) is 26.2 Å². The summed E-state index contributed by atoms with van der Waals surface area (Å²) in [5.41, 5.74) is 4.26. The predicted molar refractivity (Wildman–Crippen MR) is 86.9 cm³/mol. The largest absolute Gasteiger partial charge is 0.326 e. The van der Waals surface area contributed by atoms with E-state index in [0.29, 0.717) is 0 Å². The molecule has 2 aromatic rings. The van der Waals surface area contributed by atoms with Gasteiger partial charge in [-0.25, -0.2) is 4.79 Å². The molecule has 0 spiro atoms. The summed E-state index contributed by atoms with van der Waals surface area (Å²) in [5, 5.41) is 3.04. The number of nitrogens with one attached hydrogen (secondary N) is 1. The molecule has 0 aliphatic carbocycles. The second-order valence-electron chi connectivity index (χ2n) is 5.48. The van der Waals surface area contributed by atoms with Crippen LogP contribution in [0.25, 0.3) is 0 Å². The van der Waals surface area contributed by atoms with Gasteiger partial charge < -0.3 is 5.32 Å². The molecule has 1 N–H and O–H groups in total. The van der Waals surface area contributed by atoms with Gasteiger partial charge in [0.25, 0.3) is 0 Å². The predicted octanol–water partition coefficient (Wildman–Crippen LogP) is 4.37. The van der Waals surface area contributed by atoms with Crippen LogP contribution in [0.1, 0.15) is 24.0 Å². The van der Waals surface area contributed by atoms with Crippen LogP contribution in [0.5, 0.6) is 0 Å². The number of carbonyl (C=O) groups is 1. The highest BCUT2D eigenvalue weighted by Crippen LogP contribution is 2.27. The van der Waals surface area contributed by atoms with Gasteiger partial charge in [0.05, 0.1) is 0 Å². The number of amides is 2. The zero-order valence-electron chi connectivity index (χ0n) is 12.3. The Morgan fingerprint density at radius 1 is 1.05 bits per heavy atom. The fraction of sp³-hybridized carbons (Fsp3) is 0.278. The molecule has 2 aromatic carbocycles. The van der Waals surface area contributed by atoms with Gasteiger partial charge in [-0.05, 0) is 49.4 Å². The van der Waals surface area contributed by atoms with Gasteiger partial charge in [0.1, 0.15) is 0 Å². The lowest BCUT2D eigenvalue weighted by Crippen LogP contribution is -2.35. The Kier molecular flexibility index (Phi) is 3.91. The van der Waals surface area contributed by atoms with Crippen molar-refractivity contribution in [1.82, 2.24) is 0 Å². The molecule has 3 heteroatoms. The number of anilines is 2. The number of rotatable bonds is 1. The van der Waals surface area contributed by atoms with E-state index < -0.39 is 0 Å². The first-order valence-electron chi connectivity index (χ1n) is 7.48. The van der Waals surface area contributed by atoms with Crippen LogP contribution in [0.3, 0.4) is 0 Å². The molecule has 0 saturated heterocycles. The van der Waals surface area contributed by atoms with Crippen molar-refractivity contribution in [2.75, 3.05) is 16.8 Å². The molecule has 0 fully saturated rings. The molecular formula is C18H20N2O. The van der Waals surface area contributed by atoms with Crippen LogP contribution < -0.4 is 10.2 Å². The van der Waals surface area contributed by atoms with Crippen LogP contribution in [0.15, 0.2) is 48.5 Å². The number of fused-ring (bicyclic) bond motifs is 1. The Labute approximate surface area is 125 Å². The zero-order valence-corrected chi connectivity index (χ0v) is 12.3. The normalized spacial score (nSPS) is 14.2. The molecule has 21 heavy (non-hydrogen) atoms. The lowest BCUT2D eigenvalue weighted by atomic mass is 10.1. The molecular weight excluding hydrogens is 260 g/mol. The molecule has 3 rings (SSSR count). The van der Waals surface area contributed by atoms with Crippen LogP contribution in [0.2, 0.25) is 0 Å². The average molecular weight is 280 g/mol. The van der Waals surface area contributed by atoms with E-state index in [2.05, 4.69) is 11.4 Å². The maximum atomic E-state index is 12.7. The second-order valence-corrected chi connectivity index (χ2v) is 5.48. The summed E-state index contributed by atoms with van der Waals surface area (Å²) in [7, 11) is 0. The van der Waals surface area contributed by atoms with E-state index in [-0.39, 0.29) is 6.03 Å². The molecule has 2 amide bonds. The van der Waals surface area contributed by atoms with Crippen LogP contribution in [-0.2, 0) is 6.42 Å². The van der Waals surface area contributed by atoms with Crippen molar-refractivity contribution in [3.63, 3.8) is 0 Å². The van der Waals surface area contributed by atoms with Gasteiger partial charge in [0, 0.05) is 17.9 Å². The average Bonchev–Trinajstić information content (AvgIpc) is 2.72. The van der Waals surface area contributed by atoms with Gasteiger partial charge in [-0.15, -0.1) is 0 Å². The van der Waals surface area contributed by atoms with Gasteiger partial charge in [-0.1, -0.05) is 36.4 Å². The van der Waals surface area contributed by atoms with E-state index in [0.717, 1.165) is 42.7 Å². The molecule has 0 atom stereocenters. The second kappa shape index (κ2) is 6.00. The monoisotopic (exact) mass is 280 g/mol. The first-order chi connectivity index (χ1) is 10.3. The molecule has 0 radical (unpaired) electrons. The number of nitrogens with zero attached hydrogens (tertiary/aromatic N) is 1. The third-order valence-electron chi connectivity index (χ3n) is 3.99. The molecule has 0 bridgehead atoms. The van der Waals surface area contributed by atoms with Gasteiger partial charge in [0.2, 0.25) is 0 Å². The van der Waals surface area contributed by atoms with Crippen molar-refractivity contribution < 1.29 is 4.79 Å². The fourth-order valence-corrected chi connectivity index (χ4v) is 2.80. The van der Waals surface area contributed by atoms with E-state index in [9.17, 15) is 4.79 Å². The number of para-hydroxylation sites is 2. The summed E-state index contributed by atoms with van der Waals surface area (Å²) in [6.07, 6.45) is 3.21. The number of hydrogen-bond donors (Lipinski definition) is 1. The van der Waals surface area contributed by atoms with E-state index in [1.54, 1.807) is 0 Å². The Bertz CT molecular complexity index is 651. The molecule has 0 aromatic heterocycles. The van der Waals surface area contributed by atoms with Gasteiger partial charge in [0.15, 0.2) is 0 Å². The maximum Gasteiger partial charge on any atom is 0.326 e. The standard InChI is InChI=1S/C18H20N2O/c1-14-8-2-4-11-16(14)19-18(21)20-13-7-6-10-15-9-3-5-12-17(15)20/h2-5,8-9,11-12H,6-7,10,13H2,1H3,(H,19,21). The lowest BCUT2D eigenvalue weighted by molar-refractivity contribution is 0.257. The molecule has 0 unspecified atom stereocenters. The third kappa shape index (κ3) is 2.92. The molecule has 1 heterocycles. The molecule has 3 nitrogen and oxygen atoms in total. The van der Waals surface area contributed by atoms with Crippen LogP contribution >= 0.6 is 0 Å². The van der Waals surface area contributed by atoms with Gasteiger partial charge in [-0.2, -0.15) is 0 Å². The number of urea groups is 1. The van der Waals surface area contributed by atoms with Crippen molar-refractivity contribution >= 4 is 17.4 Å². The SMILES string of the molecule is Cc1ccccc1NC(=O)N1CCCCc2ccccc21. The molecule has 1 aliphatic rings.